The monoisotopic (exact) mass is 590 g/mol. The summed E-state index contributed by atoms with van der Waals surface area (Å²) in [7, 11) is 0. The van der Waals surface area contributed by atoms with E-state index in [1.165, 1.54) is 16.2 Å². The molecule has 4 amide bonds. The third-order valence-corrected chi connectivity index (χ3v) is 8.65. The molecule has 218 valence electrons. The van der Waals surface area contributed by atoms with Crippen LogP contribution in [0.1, 0.15) is 19.8 Å². The molecule has 1 aromatic carbocycles. The number of nitrogens with one attached hydrogen (secondary N) is 3. The number of para-hydroxylation sites is 2. The Hall–Kier alpha value is -4.52. The molecule has 2 aromatic heterocycles. The van der Waals surface area contributed by atoms with Crippen molar-refractivity contribution in [1.82, 2.24) is 30.8 Å². The number of hydrogen-bond donors (Lipinski definition) is 3. The highest BCUT2D eigenvalue weighted by molar-refractivity contribution is 7.13. The van der Waals surface area contributed by atoms with Gasteiger partial charge in [-0.3, -0.25) is 9.59 Å². The molecule has 2 aliphatic heterocycles. The maximum atomic E-state index is 13.8. The molecule has 3 aromatic rings. The van der Waals surface area contributed by atoms with Crippen molar-refractivity contribution < 1.29 is 28.7 Å². The average molecular weight is 591 g/mol. The van der Waals surface area contributed by atoms with E-state index in [4.69, 9.17) is 19.4 Å². The molecule has 0 spiro atoms. The van der Waals surface area contributed by atoms with Gasteiger partial charge in [0.25, 0.3) is 0 Å². The molecule has 42 heavy (non-hydrogen) atoms. The van der Waals surface area contributed by atoms with E-state index in [1.54, 1.807) is 13.0 Å². The largest absolute Gasteiger partial charge is 0.471 e. The smallest absolute Gasteiger partial charge is 0.332 e. The van der Waals surface area contributed by atoms with Gasteiger partial charge in [0.05, 0.1) is 29.1 Å². The van der Waals surface area contributed by atoms with Crippen molar-refractivity contribution in [3.63, 3.8) is 0 Å². The van der Waals surface area contributed by atoms with Crippen LogP contribution in [-0.2, 0) is 19.1 Å². The first-order valence-corrected chi connectivity index (χ1v) is 14.6. The van der Waals surface area contributed by atoms with Gasteiger partial charge in [0.15, 0.2) is 0 Å². The van der Waals surface area contributed by atoms with E-state index >= 15 is 0 Å². The van der Waals surface area contributed by atoms with Crippen LogP contribution < -0.4 is 20.7 Å². The van der Waals surface area contributed by atoms with Gasteiger partial charge in [0, 0.05) is 18.9 Å². The molecule has 1 aliphatic carbocycles. The number of ether oxygens (including phenoxy) is 2. The number of thiophene rings is 1. The van der Waals surface area contributed by atoms with Crippen LogP contribution in [0.2, 0.25) is 0 Å². The van der Waals surface area contributed by atoms with Gasteiger partial charge in [0.1, 0.15) is 29.4 Å². The number of esters is 1. The van der Waals surface area contributed by atoms with Crippen LogP contribution in [0.4, 0.5) is 4.79 Å². The summed E-state index contributed by atoms with van der Waals surface area (Å²) in [5.41, 5.74) is 0.703. The van der Waals surface area contributed by atoms with Gasteiger partial charge < -0.3 is 30.3 Å². The molecule has 1 saturated carbocycles. The molecule has 0 unspecified atom stereocenters. The number of aromatic nitrogens is 2. The summed E-state index contributed by atoms with van der Waals surface area (Å²) in [6.45, 7) is 5.80. The highest BCUT2D eigenvalue weighted by Crippen LogP contribution is 2.46. The summed E-state index contributed by atoms with van der Waals surface area (Å²) in [5, 5.41) is 9.97. The van der Waals surface area contributed by atoms with Gasteiger partial charge >= 0.3 is 12.0 Å². The standard InChI is InChI=1S/C29H30N6O6S/c1-3-16-13-29(16,27(38)40-4-2)34-24(36)21-12-17(15-35(21)26(37)20-14-30-28(39)33-20)41-25-23(22-10-7-11-42-22)31-18-8-5-6-9-19(18)32-25/h3,5-11,16-17,20-21H,1,4,12-15H2,2H3,(H,34,36)(H2,30,33,39)/t16-,17-,20+,21+,29-/m1/s1. The van der Waals surface area contributed by atoms with E-state index in [9.17, 15) is 19.2 Å². The van der Waals surface area contributed by atoms with Gasteiger partial charge in [-0.2, -0.15) is 0 Å². The van der Waals surface area contributed by atoms with Crippen LogP contribution in [-0.4, -0.2) is 82.1 Å². The highest BCUT2D eigenvalue weighted by Gasteiger charge is 2.62. The summed E-state index contributed by atoms with van der Waals surface area (Å²) < 4.78 is 11.6. The maximum Gasteiger partial charge on any atom is 0.332 e. The summed E-state index contributed by atoms with van der Waals surface area (Å²) in [5.74, 6) is -1.46. The van der Waals surface area contributed by atoms with Crippen LogP contribution in [0, 0.1) is 5.92 Å². The topological polar surface area (TPSA) is 152 Å². The molecule has 5 atom stereocenters. The summed E-state index contributed by atoms with van der Waals surface area (Å²) in [6.07, 6.45) is 1.50. The molecule has 0 radical (unpaired) electrons. The lowest BCUT2D eigenvalue weighted by molar-refractivity contribution is -0.150. The minimum Gasteiger partial charge on any atom is -0.471 e. The number of rotatable bonds is 9. The van der Waals surface area contributed by atoms with Crippen molar-refractivity contribution in [2.24, 2.45) is 5.92 Å². The molecule has 6 rings (SSSR count). The molecule has 3 fully saturated rings. The van der Waals surface area contributed by atoms with E-state index in [0.717, 1.165) is 4.88 Å². The Bertz CT molecular complexity index is 1560. The van der Waals surface area contributed by atoms with Gasteiger partial charge in [-0.25, -0.2) is 19.6 Å². The van der Waals surface area contributed by atoms with Crippen molar-refractivity contribution in [1.29, 1.82) is 0 Å². The zero-order chi connectivity index (χ0) is 29.4. The highest BCUT2D eigenvalue weighted by atomic mass is 32.1. The zero-order valence-electron chi connectivity index (χ0n) is 22.9. The second-order valence-corrected chi connectivity index (χ2v) is 11.4. The number of carbonyl (C=O) groups is 4. The van der Waals surface area contributed by atoms with Crippen LogP contribution in [0.15, 0.2) is 54.4 Å². The van der Waals surface area contributed by atoms with E-state index in [0.29, 0.717) is 29.0 Å². The fraction of sp³-hybridized carbons (Fsp3) is 0.379. The first-order chi connectivity index (χ1) is 20.3. The first kappa shape index (κ1) is 27.6. The van der Waals surface area contributed by atoms with E-state index < -0.39 is 47.5 Å². The van der Waals surface area contributed by atoms with Crippen molar-refractivity contribution in [3.8, 4) is 16.5 Å². The quantitative estimate of drug-likeness (QED) is 0.253. The summed E-state index contributed by atoms with van der Waals surface area (Å²) in [6, 6.07) is 9.03. The second kappa shape index (κ2) is 11.0. The maximum absolute atomic E-state index is 13.8. The lowest BCUT2D eigenvalue weighted by Gasteiger charge is -2.27. The third-order valence-electron chi connectivity index (χ3n) is 7.78. The van der Waals surface area contributed by atoms with Crippen molar-refractivity contribution in [3.05, 3.63) is 54.4 Å². The van der Waals surface area contributed by atoms with Gasteiger partial charge in [0.2, 0.25) is 17.7 Å². The van der Waals surface area contributed by atoms with Crippen LogP contribution in [0.25, 0.3) is 21.6 Å². The Morgan fingerprint density at radius 3 is 2.64 bits per heavy atom. The summed E-state index contributed by atoms with van der Waals surface area (Å²) in [4.78, 5) is 63.7. The number of urea groups is 1. The predicted octanol–water partition coefficient (Wildman–Crippen LogP) is 2.01. The van der Waals surface area contributed by atoms with Crippen molar-refractivity contribution in [2.45, 2.75) is 43.5 Å². The van der Waals surface area contributed by atoms with Gasteiger partial charge in [-0.05, 0) is 36.9 Å². The van der Waals surface area contributed by atoms with Gasteiger partial charge in [-0.15, -0.1) is 17.9 Å². The Morgan fingerprint density at radius 1 is 1.21 bits per heavy atom. The number of likely N-dealkylation sites (tertiary alicyclic amines) is 1. The van der Waals surface area contributed by atoms with Crippen molar-refractivity contribution in [2.75, 3.05) is 19.7 Å². The zero-order valence-corrected chi connectivity index (χ0v) is 23.7. The summed E-state index contributed by atoms with van der Waals surface area (Å²) >= 11 is 1.50. The van der Waals surface area contributed by atoms with E-state index in [2.05, 4.69) is 22.5 Å². The fourth-order valence-electron chi connectivity index (χ4n) is 5.54. The molecular weight excluding hydrogens is 560 g/mol. The number of hydrogen-bond acceptors (Lipinski definition) is 9. The number of benzene rings is 1. The molecule has 12 nitrogen and oxygen atoms in total. The minimum absolute atomic E-state index is 0.0684. The molecule has 3 aliphatic rings. The Morgan fingerprint density at radius 2 is 2.00 bits per heavy atom. The first-order valence-electron chi connectivity index (χ1n) is 13.8. The second-order valence-electron chi connectivity index (χ2n) is 10.5. The Kier molecular flexibility index (Phi) is 7.27. The molecule has 3 N–H and O–H groups in total. The number of fused-ring (bicyclic) bond motifs is 1. The molecule has 0 bridgehead atoms. The Labute approximate surface area is 245 Å². The normalized spacial score (nSPS) is 26.3. The number of nitrogens with zero attached hydrogens (tertiary/aromatic N) is 3. The van der Waals surface area contributed by atoms with Crippen LogP contribution in [0.3, 0.4) is 0 Å². The third kappa shape index (κ3) is 5.04. The molecule has 13 heteroatoms. The minimum atomic E-state index is -1.22. The average Bonchev–Trinajstić information content (AvgIpc) is 3.43. The van der Waals surface area contributed by atoms with Crippen molar-refractivity contribution >= 4 is 46.2 Å². The SMILES string of the molecule is C=C[C@@H]1C[C@]1(NC(=O)[C@@H]1C[C@@H](Oc2nc3ccccc3nc2-c2cccs2)CN1C(=O)[C@@H]1CNC(=O)N1)C(=O)OCC. The number of carbonyl (C=O) groups excluding carboxylic acids is 4. The van der Waals surface area contributed by atoms with E-state index in [-0.39, 0.29) is 32.0 Å². The van der Waals surface area contributed by atoms with E-state index in [1.807, 2.05) is 41.8 Å². The van der Waals surface area contributed by atoms with Gasteiger partial charge in [-0.1, -0.05) is 24.3 Å². The molecule has 4 heterocycles. The lowest BCUT2D eigenvalue weighted by atomic mass is 10.1. The molecular formula is C29H30N6O6S. The van der Waals surface area contributed by atoms with Crippen LogP contribution in [0.5, 0.6) is 5.88 Å². The molecule has 2 saturated heterocycles. The predicted molar refractivity (Wildman–Crippen MR) is 154 cm³/mol. The Balaban J connectivity index is 1.29. The van der Waals surface area contributed by atoms with Crippen LogP contribution >= 0.6 is 11.3 Å². The lowest BCUT2D eigenvalue weighted by Crippen LogP contribution is -2.56. The fourth-order valence-corrected chi connectivity index (χ4v) is 6.25. The number of amides is 4.